The summed E-state index contributed by atoms with van der Waals surface area (Å²) in [5.41, 5.74) is 3.92. The molecule has 0 aliphatic carbocycles. The van der Waals surface area contributed by atoms with Crippen LogP contribution in [0.5, 0.6) is 0 Å². The summed E-state index contributed by atoms with van der Waals surface area (Å²) in [5.74, 6) is 0.396. The summed E-state index contributed by atoms with van der Waals surface area (Å²) in [6, 6.07) is 21.2. The van der Waals surface area contributed by atoms with Crippen LogP contribution < -0.4 is 5.32 Å². The van der Waals surface area contributed by atoms with Crippen LogP contribution in [0.4, 0.5) is 0 Å². The first-order valence-corrected chi connectivity index (χ1v) is 10.3. The van der Waals surface area contributed by atoms with Crippen molar-refractivity contribution in [2.75, 3.05) is 13.1 Å². The Morgan fingerprint density at radius 1 is 1.03 bits per heavy atom. The molecule has 2 aromatic carbocycles. The lowest BCUT2D eigenvalue weighted by molar-refractivity contribution is -0.120. The third-order valence-electron chi connectivity index (χ3n) is 5.72. The molecule has 1 aliphatic rings. The highest BCUT2D eigenvalue weighted by atomic mass is 16.1. The van der Waals surface area contributed by atoms with Gasteiger partial charge in [-0.2, -0.15) is 5.10 Å². The number of hydrogen-bond acceptors (Lipinski definition) is 3. The van der Waals surface area contributed by atoms with E-state index in [1.165, 1.54) is 16.7 Å². The van der Waals surface area contributed by atoms with Crippen LogP contribution in [0.3, 0.4) is 0 Å². The second kappa shape index (κ2) is 9.05. The standard InChI is InChI=1S/C24H28N4O/c1-19(29)26-24-18-27(15-12-23(24)20-8-3-2-4-9-20)16-21-10-5-6-11-22(21)17-28-14-7-13-25-28/h2-11,13-14,23-24H,12,15-18H2,1H3,(H,26,29)/t23-,24-/m0/s1. The van der Waals surface area contributed by atoms with Gasteiger partial charge in [-0.3, -0.25) is 14.4 Å². The molecule has 29 heavy (non-hydrogen) atoms. The average Bonchev–Trinajstić information content (AvgIpc) is 3.23. The number of rotatable bonds is 6. The normalized spacial score (nSPS) is 19.8. The molecule has 1 amide bonds. The number of amides is 1. The molecule has 1 aromatic heterocycles. The Morgan fingerprint density at radius 3 is 2.45 bits per heavy atom. The van der Waals surface area contributed by atoms with Gasteiger partial charge in [-0.1, -0.05) is 54.6 Å². The lowest BCUT2D eigenvalue weighted by Crippen LogP contribution is -2.50. The molecule has 5 heteroatoms. The maximum atomic E-state index is 11.8. The number of carbonyl (C=O) groups is 1. The van der Waals surface area contributed by atoms with Gasteiger partial charge in [0.2, 0.25) is 5.91 Å². The van der Waals surface area contributed by atoms with Crippen molar-refractivity contribution in [1.82, 2.24) is 20.0 Å². The van der Waals surface area contributed by atoms with Crippen LogP contribution in [0.1, 0.15) is 36.0 Å². The largest absolute Gasteiger partial charge is 0.352 e. The van der Waals surface area contributed by atoms with Gasteiger partial charge in [-0.25, -0.2) is 0 Å². The Bertz CT molecular complexity index is 923. The molecule has 150 valence electrons. The number of aromatic nitrogens is 2. The molecule has 0 bridgehead atoms. The van der Waals surface area contributed by atoms with Crippen molar-refractivity contribution in [3.8, 4) is 0 Å². The highest BCUT2D eigenvalue weighted by Gasteiger charge is 2.31. The second-order valence-electron chi connectivity index (χ2n) is 7.82. The zero-order valence-corrected chi connectivity index (χ0v) is 16.9. The quantitative estimate of drug-likeness (QED) is 0.704. The Labute approximate surface area is 172 Å². The van der Waals surface area contributed by atoms with Gasteiger partial charge < -0.3 is 5.32 Å². The molecule has 0 radical (unpaired) electrons. The number of benzene rings is 2. The summed E-state index contributed by atoms with van der Waals surface area (Å²) in [4.78, 5) is 14.3. The Balaban J connectivity index is 1.48. The number of carbonyl (C=O) groups excluding carboxylic acids is 1. The first kappa shape index (κ1) is 19.4. The van der Waals surface area contributed by atoms with Crippen molar-refractivity contribution >= 4 is 5.91 Å². The number of piperidine rings is 1. The minimum Gasteiger partial charge on any atom is -0.352 e. The summed E-state index contributed by atoms with van der Waals surface area (Å²) in [7, 11) is 0. The predicted octanol–water partition coefficient (Wildman–Crippen LogP) is 3.43. The Morgan fingerprint density at radius 2 is 1.76 bits per heavy atom. The molecule has 0 spiro atoms. The molecule has 1 N–H and O–H groups in total. The monoisotopic (exact) mass is 388 g/mol. The van der Waals surface area contributed by atoms with Crippen molar-refractivity contribution in [3.63, 3.8) is 0 Å². The summed E-state index contributed by atoms with van der Waals surface area (Å²) in [6.07, 6.45) is 4.85. The van der Waals surface area contributed by atoms with E-state index < -0.39 is 0 Å². The van der Waals surface area contributed by atoms with E-state index in [1.807, 2.05) is 29.2 Å². The molecule has 1 aliphatic heterocycles. The lowest BCUT2D eigenvalue weighted by atomic mass is 9.85. The van der Waals surface area contributed by atoms with Gasteiger partial charge in [0.05, 0.1) is 6.54 Å². The number of nitrogens with one attached hydrogen (secondary N) is 1. The van der Waals surface area contributed by atoms with Crippen LogP contribution in [-0.2, 0) is 17.9 Å². The maximum absolute atomic E-state index is 11.8. The van der Waals surface area contributed by atoms with Crippen LogP contribution in [-0.4, -0.2) is 39.7 Å². The molecule has 1 saturated heterocycles. The van der Waals surface area contributed by atoms with E-state index in [0.29, 0.717) is 5.92 Å². The summed E-state index contributed by atoms with van der Waals surface area (Å²) in [5, 5.41) is 7.55. The van der Waals surface area contributed by atoms with E-state index in [9.17, 15) is 4.79 Å². The van der Waals surface area contributed by atoms with E-state index in [0.717, 1.165) is 32.6 Å². The summed E-state index contributed by atoms with van der Waals surface area (Å²) >= 11 is 0. The van der Waals surface area contributed by atoms with Crippen LogP contribution in [0.2, 0.25) is 0 Å². The van der Waals surface area contributed by atoms with Gasteiger partial charge in [-0.15, -0.1) is 0 Å². The lowest BCUT2D eigenvalue weighted by Gasteiger charge is -2.39. The summed E-state index contributed by atoms with van der Waals surface area (Å²) < 4.78 is 1.96. The number of hydrogen-bond donors (Lipinski definition) is 1. The van der Waals surface area contributed by atoms with Crippen molar-refractivity contribution in [2.24, 2.45) is 0 Å². The van der Waals surface area contributed by atoms with E-state index in [4.69, 9.17) is 0 Å². The van der Waals surface area contributed by atoms with Crippen LogP contribution in [0, 0.1) is 0 Å². The van der Waals surface area contributed by atoms with Crippen LogP contribution >= 0.6 is 0 Å². The molecule has 0 unspecified atom stereocenters. The van der Waals surface area contributed by atoms with Gasteiger partial charge in [-0.05, 0) is 35.7 Å². The molecular weight excluding hydrogens is 360 g/mol. The smallest absolute Gasteiger partial charge is 0.217 e. The van der Waals surface area contributed by atoms with Crippen LogP contribution in [0.15, 0.2) is 73.1 Å². The molecule has 1 fully saturated rings. The topological polar surface area (TPSA) is 50.2 Å². The fourth-order valence-corrected chi connectivity index (χ4v) is 4.35. The minimum absolute atomic E-state index is 0.0388. The highest BCUT2D eigenvalue weighted by molar-refractivity contribution is 5.73. The van der Waals surface area contributed by atoms with E-state index in [1.54, 1.807) is 6.92 Å². The highest BCUT2D eigenvalue weighted by Crippen LogP contribution is 2.29. The summed E-state index contributed by atoms with van der Waals surface area (Å²) in [6.45, 7) is 5.15. The fourth-order valence-electron chi connectivity index (χ4n) is 4.35. The van der Waals surface area contributed by atoms with E-state index in [-0.39, 0.29) is 11.9 Å². The third-order valence-corrected chi connectivity index (χ3v) is 5.72. The van der Waals surface area contributed by atoms with Crippen molar-refractivity contribution < 1.29 is 4.79 Å². The van der Waals surface area contributed by atoms with Gasteiger partial charge in [0.15, 0.2) is 0 Å². The molecule has 2 atom stereocenters. The zero-order valence-electron chi connectivity index (χ0n) is 16.9. The first-order valence-electron chi connectivity index (χ1n) is 10.3. The minimum atomic E-state index is 0.0388. The maximum Gasteiger partial charge on any atom is 0.217 e. The molecule has 5 nitrogen and oxygen atoms in total. The van der Waals surface area contributed by atoms with E-state index >= 15 is 0 Å². The fraction of sp³-hybridized carbons (Fsp3) is 0.333. The van der Waals surface area contributed by atoms with Crippen molar-refractivity contribution in [2.45, 2.75) is 38.4 Å². The third kappa shape index (κ3) is 4.93. The Kier molecular flexibility index (Phi) is 6.06. The number of nitrogens with zero attached hydrogens (tertiary/aromatic N) is 3. The first-order chi connectivity index (χ1) is 14.2. The van der Waals surface area contributed by atoms with Crippen molar-refractivity contribution in [1.29, 1.82) is 0 Å². The van der Waals surface area contributed by atoms with Gasteiger partial charge in [0.1, 0.15) is 0 Å². The van der Waals surface area contributed by atoms with E-state index in [2.05, 4.69) is 63.8 Å². The molecule has 3 aromatic rings. The number of likely N-dealkylation sites (tertiary alicyclic amines) is 1. The van der Waals surface area contributed by atoms with Crippen molar-refractivity contribution in [3.05, 3.63) is 89.7 Å². The molecule has 0 saturated carbocycles. The van der Waals surface area contributed by atoms with Crippen LogP contribution in [0.25, 0.3) is 0 Å². The van der Waals surface area contributed by atoms with Gasteiger partial charge in [0, 0.05) is 44.4 Å². The zero-order chi connectivity index (χ0) is 20.1. The molecule has 4 rings (SSSR count). The second-order valence-corrected chi connectivity index (χ2v) is 7.82. The molecular formula is C24H28N4O. The predicted molar refractivity (Wildman–Crippen MR) is 114 cm³/mol. The average molecular weight is 389 g/mol. The van der Waals surface area contributed by atoms with Gasteiger partial charge >= 0.3 is 0 Å². The SMILES string of the molecule is CC(=O)N[C@H]1CN(Cc2ccccc2Cn2cccn2)CC[C@H]1c1ccccc1. The Hall–Kier alpha value is -2.92. The molecule has 2 heterocycles. The van der Waals surface area contributed by atoms with Gasteiger partial charge in [0.25, 0.3) is 0 Å².